The lowest BCUT2D eigenvalue weighted by Crippen LogP contribution is -2.40. The van der Waals surface area contributed by atoms with Crippen molar-refractivity contribution >= 4 is 23.4 Å². The number of amides is 2. The molecule has 1 aromatic carbocycles. The molecule has 4 N–H and O–H groups in total. The summed E-state index contributed by atoms with van der Waals surface area (Å²) in [7, 11) is 1.64. The zero-order chi connectivity index (χ0) is 27.6. The molecule has 0 radical (unpaired) electrons. The molecule has 0 aromatic heterocycles. The van der Waals surface area contributed by atoms with Crippen LogP contribution in [0.2, 0.25) is 5.02 Å². The number of nitrogens with two attached hydrogens (primary N) is 1. The Balaban J connectivity index is 0.00000120. The predicted octanol–water partition coefficient (Wildman–Crippen LogP) is 4.78. The molecule has 0 unspecified atom stereocenters. The molecule has 2 aliphatic heterocycles. The van der Waals surface area contributed by atoms with Gasteiger partial charge in [-0.15, -0.1) is 0 Å². The van der Waals surface area contributed by atoms with E-state index in [2.05, 4.69) is 5.32 Å². The number of nitrogens with zero attached hydrogens (tertiary/aromatic N) is 2. The summed E-state index contributed by atoms with van der Waals surface area (Å²) in [4.78, 5) is 29.1. The Morgan fingerprint density at radius 3 is 2.44 bits per heavy atom. The predicted molar refractivity (Wildman–Crippen MR) is 139 cm³/mol. The van der Waals surface area contributed by atoms with E-state index in [-0.39, 0.29) is 40.6 Å². The maximum absolute atomic E-state index is 14.2. The Bertz CT molecular complexity index is 1050. The highest BCUT2D eigenvalue weighted by atomic mass is 35.5. The number of halogens is 3. The van der Waals surface area contributed by atoms with Crippen molar-refractivity contribution < 1.29 is 23.5 Å². The van der Waals surface area contributed by atoms with Crippen LogP contribution in [0.5, 0.6) is 0 Å². The van der Waals surface area contributed by atoms with Crippen molar-refractivity contribution in [3.05, 3.63) is 68.7 Å². The van der Waals surface area contributed by atoms with E-state index in [0.717, 1.165) is 12.6 Å². The van der Waals surface area contributed by atoms with Gasteiger partial charge in [0.1, 0.15) is 22.4 Å². The number of likely N-dealkylation sites (N-methyl/N-ethyl adjacent to an activating group) is 1. The first-order chi connectivity index (χ1) is 17.1. The normalized spacial score (nSPS) is 15.6. The average Bonchev–Trinajstić information content (AvgIpc) is 3.35. The van der Waals surface area contributed by atoms with Crippen LogP contribution in [0.4, 0.5) is 8.78 Å². The lowest BCUT2D eigenvalue weighted by molar-refractivity contribution is -0.127. The largest absolute Gasteiger partial charge is 0.505 e. The Labute approximate surface area is 217 Å². The summed E-state index contributed by atoms with van der Waals surface area (Å²) >= 11 is 5.60. The van der Waals surface area contributed by atoms with E-state index in [1.54, 1.807) is 24.9 Å². The number of nitrogens with one attached hydrogen (secondary N) is 1. The average molecular weight is 527 g/mol. The first-order valence-electron chi connectivity index (χ1n) is 12.1. The molecule has 1 saturated heterocycles. The van der Waals surface area contributed by atoms with Gasteiger partial charge in [-0.25, -0.2) is 8.78 Å². The van der Waals surface area contributed by atoms with Gasteiger partial charge in [-0.2, -0.15) is 0 Å². The molecule has 0 spiro atoms. The molecule has 0 atom stereocenters. The third kappa shape index (κ3) is 6.64. The topological polar surface area (TPSA) is 98.9 Å². The zero-order valence-electron chi connectivity index (χ0n) is 21.8. The molecule has 36 heavy (non-hydrogen) atoms. The molecule has 2 aliphatic rings. The molecular weight excluding hydrogens is 490 g/mol. The molecule has 10 heteroatoms. The number of aliphatic hydroxyl groups excluding tert-OH is 1. The van der Waals surface area contributed by atoms with Gasteiger partial charge in [0.2, 0.25) is 0 Å². The van der Waals surface area contributed by atoms with Gasteiger partial charge in [-0.05, 0) is 39.3 Å². The quantitative estimate of drug-likeness (QED) is 0.479. The van der Waals surface area contributed by atoms with Crippen LogP contribution in [0.1, 0.15) is 53.0 Å². The van der Waals surface area contributed by atoms with Crippen LogP contribution < -0.4 is 11.1 Å². The van der Waals surface area contributed by atoms with Crippen LogP contribution in [0, 0.1) is 11.6 Å². The minimum atomic E-state index is -0.935. The molecule has 0 bridgehead atoms. The number of carbonyl (C=O) groups excluding carboxylic acids is 2. The zero-order valence-corrected chi connectivity index (χ0v) is 22.6. The summed E-state index contributed by atoms with van der Waals surface area (Å²) in [5, 5.41) is 12.9. The maximum atomic E-state index is 14.2. The number of hydrogen-bond acceptors (Lipinski definition) is 5. The number of fused-ring (bicyclic) bond motifs is 1. The van der Waals surface area contributed by atoms with Gasteiger partial charge < -0.3 is 26.0 Å². The first-order valence-corrected chi connectivity index (χ1v) is 12.5. The van der Waals surface area contributed by atoms with Gasteiger partial charge in [0.05, 0.1) is 5.57 Å². The standard InChI is InChI=1S/C22H24ClF2N3O3.C2H7N.C2H6/c1-4-13-16(21(30)26-11-12-8-9-14(24)17(23)18(12)25)15-7-6-10-28(15)19(20(13)29)22(31)27(3)5-2;1-2-3;1-2/h4,8-9,29H,5-7,10-11H2,1-3H3,(H,26,30);2-3H2,1H3;1-2H3/b13-4+;;. The molecular formula is C26H37ClF2N4O3. The van der Waals surface area contributed by atoms with Crippen molar-refractivity contribution in [2.24, 2.45) is 5.73 Å². The summed E-state index contributed by atoms with van der Waals surface area (Å²) in [5.41, 5.74) is 6.15. The lowest BCUT2D eigenvalue weighted by Gasteiger charge is -2.33. The van der Waals surface area contributed by atoms with Gasteiger partial charge >= 0.3 is 0 Å². The third-order valence-corrected chi connectivity index (χ3v) is 5.87. The highest BCUT2D eigenvalue weighted by Gasteiger charge is 2.39. The molecule has 1 fully saturated rings. The summed E-state index contributed by atoms with van der Waals surface area (Å²) < 4.78 is 27.6. The number of benzene rings is 1. The van der Waals surface area contributed by atoms with Crippen LogP contribution >= 0.6 is 11.6 Å². The summed E-state index contributed by atoms with van der Waals surface area (Å²) in [6, 6.07) is 2.24. The second kappa shape index (κ2) is 14.6. The monoisotopic (exact) mass is 526 g/mol. The highest BCUT2D eigenvalue weighted by molar-refractivity contribution is 6.31. The van der Waals surface area contributed by atoms with E-state index in [9.17, 15) is 23.5 Å². The third-order valence-electron chi connectivity index (χ3n) is 5.52. The molecule has 0 saturated carbocycles. The Morgan fingerprint density at radius 2 is 1.89 bits per heavy atom. The second-order valence-corrected chi connectivity index (χ2v) is 8.10. The summed E-state index contributed by atoms with van der Waals surface area (Å²) in [5.74, 6) is -2.94. The number of carbonyl (C=O) groups is 2. The number of hydrogen-bond donors (Lipinski definition) is 3. The molecule has 2 heterocycles. The Morgan fingerprint density at radius 1 is 1.28 bits per heavy atom. The smallest absolute Gasteiger partial charge is 0.274 e. The van der Waals surface area contributed by atoms with Gasteiger partial charge in [-0.1, -0.05) is 44.5 Å². The number of aliphatic hydroxyl groups is 1. The van der Waals surface area contributed by atoms with Gasteiger partial charge in [0.25, 0.3) is 11.8 Å². The van der Waals surface area contributed by atoms with E-state index in [0.29, 0.717) is 31.6 Å². The number of allylic oxidation sites excluding steroid dienone is 3. The fourth-order valence-electron chi connectivity index (χ4n) is 3.75. The maximum Gasteiger partial charge on any atom is 0.274 e. The van der Waals surface area contributed by atoms with E-state index < -0.39 is 22.6 Å². The minimum Gasteiger partial charge on any atom is -0.505 e. The van der Waals surface area contributed by atoms with Gasteiger partial charge in [0.15, 0.2) is 5.76 Å². The van der Waals surface area contributed by atoms with Crippen molar-refractivity contribution in [2.75, 3.05) is 26.7 Å². The van der Waals surface area contributed by atoms with Crippen LogP contribution in [-0.2, 0) is 16.1 Å². The SMILES string of the molecule is C/C=C1/C(O)=C(C(=O)N(C)CC)N2CCCC2=C1C(=O)NCc1ccc(F)c(Cl)c1F.CC.CCN. The molecule has 7 nitrogen and oxygen atoms in total. The Hall–Kier alpha value is -2.91. The van der Waals surface area contributed by atoms with Crippen molar-refractivity contribution in [1.82, 2.24) is 15.1 Å². The second-order valence-electron chi connectivity index (χ2n) is 7.72. The first kappa shape index (κ1) is 31.1. The molecule has 0 aliphatic carbocycles. The Kier molecular flexibility index (Phi) is 12.6. The highest BCUT2D eigenvalue weighted by Crippen LogP contribution is 2.40. The molecule has 1 aromatic rings. The van der Waals surface area contributed by atoms with E-state index in [1.807, 2.05) is 27.7 Å². The minimum absolute atomic E-state index is 0.0340. The van der Waals surface area contributed by atoms with Crippen LogP contribution in [0.15, 0.2) is 46.5 Å². The van der Waals surface area contributed by atoms with Crippen molar-refractivity contribution in [3.8, 4) is 0 Å². The van der Waals surface area contributed by atoms with Crippen molar-refractivity contribution in [3.63, 3.8) is 0 Å². The fourth-order valence-corrected chi connectivity index (χ4v) is 3.94. The van der Waals surface area contributed by atoms with Crippen LogP contribution in [0.25, 0.3) is 0 Å². The molecule has 200 valence electrons. The van der Waals surface area contributed by atoms with E-state index in [4.69, 9.17) is 17.3 Å². The fraction of sp³-hybridized carbons (Fsp3) is 0.462. The number of rotatable bonds is 5. The van der Waals surface area contributed by atoms with Gasteiger partial charge in [0, 0.05) is 43.5 Å². The van der Waals surface area contributed by atoms with Crippen LogP contribution in [0.3, 0.4) is 0 Å². The van der Waals surface area contributed by atoms with Crippen LogP contribution in [-0.4, -0.2) is 53.4 Å². The molecule has 3 rings (SSSR count). The lowest BCUT2D eigenvalue weighted by atomic mass is 9.94. The van der Waals surface area contributed by atoms with E-state index in [1.165, 1.54) is 11.0 Å². The molecule has 2 amide bonds. The van der Waals surface area contributed by atoms with Gasteiger partial charge in [-0.3, -0.25) is 9.59 Å². The van der Waals surface area contributed by atoms with Crippen molar-refractivity contribution in [2.45, 2.75) is 54.0 Å². The van der Waals surface area contributed by atoms with E-state index >= 15 is 0 Å². The summed E-state index contributed by atoms with van der Waals surface area (Å²) in [6.45, 7) is 10.9. The summed E-state index contributed by atoms with van der Waals surface area (Å²) in [6.07, 6.45) is 2.84. The van der Waals surface area contributed by atoms with Crippen molar-refractivity contribution in [1.29, 1.82) is 0 Å².